The number of fused-ring (bicyclic) bond motifs is 3. The minimum Gasteiger partial charge on any atom is -0.244 e. The Labute approximate surface area is 228 Å². The van der Waals surface area contributed by atoms with E-state index in [2.05, 4.69) is 97.1 Å². The molecule has 2 heterocycles. The zero-order valence-corrected chi connectivity index (χ0v) is 21.7. The number of hydrogen-bond donors (Lipinski definition) is 0. The summed E-state index contributed by atoms with van der Waals surface area (Å²) in [5.74, 6) is 0. The van der Waals surface area contributed by atoms with Gasteiger partial charge < -0.3 is 0 Å². The molecule has 2 aromatic heterocycles. The normalized spacial score (nSPS) is 12.1. The summed E-state index contributed by atoms with van der Waals surface area (Å²) in [6.45, 7) is 0. The molecule has 0 N–H and O–H groups in total. The molecule has 3 heteroatoms. The summed E-state index contributed by atoms with van der Waals surface area (Å²) in [7, 11) is 0. The Bertz CT molecular complexity index is 2270. The highest BCUT2D eigenvalue weighted by Crippen LogP contribution is 2.52. The van der Waals surface area contributed by atoms with Gasteiger partial charge in [-0.05, 0) is 51.2 Å². The number of rotatable bonds is 2. The lowest BCUT2D eigenvalue weighted by Crippen LogP contribution is -1.96. The summed E-state index contributed by atoms with van der Waals surface area (Å²) < 4.78 is 2.57. The highest BCUT2D eigenvalue weighted by molar-refractivity contribution is 7.26. The van der Waals surface area contributed by atoms with Crippen LogP contribution in [-0.4, -0.2) is 9.97 Å². The molecular formula is C36H20N2S. The Hall–Kier alpha value is -4.86. The van der Waals surface area contributed by atoms with Gasteiger partial charge in [-0.1, -0.05) is 103 Å². The lowest BCUT2D eigenvalue weighted by Gasteiger charge is -2.14. The molecular weight excluding hydrogens is 492 g/mol. The van der Waals surface area contributed by atoms with Crippen LogP contribution < -0.4 is 0 Å². The van der Waals surface area contributed by atoms with E-state index in [1.165, 1.54) is 53.2 Å². The average molecular weight is 513 g/mol. The molecule has 9 rings (SSSR count). The first kappa shape index (κ1) is 21.1. The van der Waals surface area contributed by atoms with Gasteiger partial charge in [0.15, 0.2) is 0 Å². The third-order valence-corrected chi connectivity index (χ3v) is 9.19. The van der Waals surface area contributed by atoms with Gasteiger partial charge in [-0.2, -0.15) is 0 Å². The minimum absolute atomic E-state index is 0.909. The van der Waals surface area contributed by atoms with E-state index >= 15 is 0 Å². The van der Waals surface area contributed by atoms with Crippen LogP contribution in [0.25, 0.3) is 86.7 Å². The maximum atomic E-state index is 5.26. The van der Waals surface area contributed by atoms with Gasteiger partial charge in [0, 0.05) is 31.3 Å². The Morgan fingerprint density at radius 1 is 0.410 bits per heavy atom. The third kappa shape index (κ3) is 2.91. The second-order valence-electron chi connectivity index (χ2n) is 10.1. The zero-order valence-electron chi connectivity index (χ0n) is 20.8. The summed E-state index contributed by atoms with van der Waals surface area (Å²) >= 11 is 1.87. The van der Waals surface area contributed by atoms with Crippen molar-refractivity contribution in [1.82, 2.24) is 9.97 Å². The fraction of sp³-hybridized carbons (Fsp3) is 0. The number of nitrogens with zero attached hydrogens (tertiary/aromatic N) is 2. The second-order valence-corrected chi connectivity index (χ2v) is 11.2. The fourth-order valence-corrected chi connectivity index (χ4v) is 7.60. The van der Waals surface area contributed by atoms with Crippen LogP contribution in [0.1, 0.15) is 0 Å². The molecule has 0 fully saturated rings. The van der Waals surface area contributed by atoms with Crippen LogP contribution in [0.15, 0.2) is 121 Å². The van der Waals surface area contributed by atoms with Crippen LogP contribution in [-0.2, 0) is 0 Å². The predicted molar refractivity (Wildman–Crippen MR) is 165 cm³/mol. The molecule has 0 saturated carbocycles. The van der Waals surface area contributed by atoms with Gasteiger partial charge >= 0.3 is 0 Å². The Kier molecular flexibility index (Phi) is 4.24. The van der Waals surface area contributed by atoms with Crippen molar-refractivity contribution < 1.29 is 0 Å². The van der Waals surface area contributed by atoms with Crippen LogP contribution in [0.2, 0.25) is 0 Å². The van der Waals surface area contributed by atoms with Gasteiger partial charge in [0.1, 0.15) is 0 Å². The van der Waals surface area contributed by atoms with E-state index in [1.807, 2.05) is 35.6 Å². The van der Waals surface area contributed by atoms with Gasteiger partial charge in [-0.25, -0.2) is 9.97 Å². The van der Waals surface area contributed by atoms with Crippen molar-refractivity contribution >= 4 is 53.3 Å². The molecule has 6 aromatic carbocycles. The number of para-hydroxylation sites is 2. The van der Waals surface area contributed by atoms with E-state index in [9.17, 15) is 0 Å². The van der Waals surface area contributed by atoms with Crippen molar-refractivity contribution in [3.05, 3.63) is 121 Å². The van der Waals surface area contributed by atoms with Gasteiger partial charge in [0.25, 0.3) is 0 Å². The molecule has 180 valence electrons. The van der Waals surface area contributed by atoms with Crippen molar-refractivity contribution in [3.8, 4) is 44.8 Å². The molecule has 2 nitrogen and oxygen atoms in total. The monoisotopic (exact) mass is 512 g/mol. The van der Waals surface area contributed by atoms with Crippen LogP contribution in [0.5, 0.6) is 0 Å². The smallest absolute Gasteiger partial charge is 0.0987 e. The van der Waals surface area contributed by atoms with Crippen molar-refractivity contribution in [2.45, 2.75) is 0 Å². The topological polar surface area (TPSA) is 25.8 Å². The van der Waals surface area contributed by atoms with Crippen molar-refractivity contribution in [2.75, 3.05) is 0 Å². The van der Waals surface area contributed by atoms with E-state index in [4.69, 9.17) is 9.97 Å². The highest BCUT2D eigenvalue weighted by atomic mass is 32.1. The maximum Gasteiger partial charge on any atom is 0.0987 e. The van der Waals surface area contributed by atoms with Gasteiger partial charge in [0.05, 0.1) is 22.4 Å². The van der Waals surface area contributed by atoms with Crippen LogP contribution in [0.3, 0.4) is 0 Å². The maximum absolute atomic E-state index is 5.26. The van der Waals surface area contributed by atoms with Gasteiger partial charge in [0.2, 0.25) is 0 Å². The summed E-state index contributed by atoms with van der Waals surface area (Å²) in [5.41, 5.74) is 11.1. The molecule has 0 unspecified atom stereocenters. The van der Waals surface area contributed by atoms with Crippen LogP contribution in [0.4, 0.5) is 0 Å². The summed E-state index contributed by atoms with van der Waals surface area (Å²) in [4.78, 5) is 10.4. The zero-order chi connectivity index (χ0) is 25.5. The standard InChI is InChI=1S/C36H20N2S/c1-2-9-22(10-3-1)34-35(38-29-17-5-4-16-28(29)37-34)27-20-19-26-24-14-7-12-21-11-6-13-23(31(21)24)25-15-8-18-30-32(25)33(26)36(27)39-30/h1-20H. The molecule has 0 bridgehead atoms. The molecule has 1 aliphatic rings. The fourth-order valence-electron chi connectivity index (χ4n) is 6.33. The first-order valence-corrected chi connectivity index (χ1v) is 14.0. The molecule has 1 aliphatic carbocycles. The van der Waals surface area contributed by atoms with Crippen LogP contribution in [0, 0.1) is 0 Å². The number of thiophene rings is 1. The lowest BCUT2D eigenvalue weighted by atomic mass is 9.93. The predicted octanol–water partition coefficient (Wildman–Crippen LogP) is 10.1. The van der Waals surface area contributed by atoms with Crippen molar-refractivity contribution in [3.63, 3.8) is 0 Å². The van der Waals surface area contributed by atoms with Crippen LogP contribution >= 0.6 is 11.3 Å². The molecule has 0 amide bonds. The van der Waals surface area contributed by atoms with Gasteiger partial charge in [-0.15, -0.1) is 11.3 Å². The van der Waals surface area contributed by atoms with E-state index in [-0.39, 0.29) is 0 Å². The lowest BCUT2D eigenvalue weighted by molar-refractivity contribution is 1.30. The first-order valence-electron chi connectivity index (χ1n) is 13.2. The van der Waals surface area contributed by atoms with E-state index in [1.54, 1.807) is 0 Å². The number of benzene rings is 6. The molecule has 0 radical (unpaired) electrons. The number of hydrogen-bond acceptors (Lipinski definition) is 3. The van der Waals surface area contributed by atoms with E-state index in [0.717, 1.165) is 33.5 Å². The highest BCUT2D eigenvalue weighted by Gasteiger charge is 2.25. The number of aromatic nitrogens is 2. The Morgan fingerprint density at radius 3 is 1.74 bits per heavy atom. The average Bonchev–Trinajstić information content (AvgIpc) is 3.34. The Morgan fingerprint density at radius 2 is 1.00 bits per heavy atom. The molecule has 0 aliphatic heterocycles. The summed E-state index contributed by atoms with van der Waals surface area (Å²) in [5, 5.41) is 5.27. The Balaban J connectivity index is 1.46. The molecule has 0 saturated heterocycles. The molecule has 0 spiro atoms. The molecule has 0 atom stereocenters. The molecule has 8 aromatic rings. The van der Waals surface area contributed by atoms with E-state index in [0.29, 0.717) is 0 Å². The van der Waals surface area contributed by atoms with E-state index < -0.39 is 0 Å². The largest absolute Gasteiger partial charge is 0.244 e. The van der Waals surface area contributed by atoms with Crippen molar-refractivity contribution in [2.24, 2.45) is 0 Å². The van der Waals surface area contributed by atoms with Crippen molar-refractivity contribution in [1.29, 1.82) is 0 Å². The summed E-state index contributed by atoms with van der Waals surface area (Å²) in [6.07, 6.45) is 0. The first-order chi connectivity index (χ1) is 19.3. The second kappa shape index (κ2) is 7.83. The summed E-state index contributed by atoms with van der Waals surface area (Å²) in [6, 6.07) is 43.3. The molecule has 39 heavy (non-hydrogen) atoms. The van der Waals surface area contributed by atoms with Gasteiger partial charge in [-0.3, -0.25) is 0 Å². The SMILES string of the molecule is c1ccc(-c2nc3ccccc3nc2-c2ccc3c4c2sc2cccc(c24)-c2cccc4cccc-3c24)cc1. The minimum atomic E-state index is 0.909. The quantitative estimate of drug-likeness (QED) is 0.230. The third-order valence-electron chi connectivity index (χ3n) is 8.00.